The Balaban J connectivity index is 1.56. The summed E-state index contributed by atoms with van der Waals surface area (Å²) in [7, 11) is -2.99. The van der Waals surface area contributed by atoms with Crippen LogP contribution in [0.4, 0.5) is 9.59 Å². The molecule has 0 saturated heterocycles. The van der Waals surface area contributed by atoms with Crippen LogP contribution in [0.3, 0.4) is 0 Å². The van der Waals surface area contributed by atoms with Gasteiger partial charge in [0.2, 0.25) is 6.10 Å². The van der Waals surface area contributed by atoms with Crippen molar-refractivity contribution >= 4 is 35.9 Å². The Labute approximate surface area is 379 Å². The van der Waals surface area contributed by atoms with Crippen molar-refractivity contribution in [2.75, 3.05) is 13.6 Å². The highest BCUT2D eigenvalue weighted by molar-refractivity contribution is 5.92. The van der Waals surface area contributed by atoms with Gasteiger partial charge in [-0.3, -0.25) is 9.59 Å². The molecule has 4 aliphatic rings. The molecule has 2 aromatic carbocycles. The Bertz CT molecular complexity index is 2260. The van der Waals surface area contributed by atoms with E-state index in [0.29, 0.717) is 23.1 Å². The lowest BCUT2D eigenvalue weighted by Crippen LogP contribution is -2.78. The molecule has 3 saturated carbocycles. The number of aliphatic hydroxyl groups is 1. The number of hydrogen-bond acceptors (Lipinski definition) is 13. The van der Waals surface area contributed by atoms with E-state index in [-0.39, 0.29) is 24.9 Å². The normalized spacial score (nSPS) is 32.4. The number of benzene rings is 2. The van der Waals surface area contributed by atoms with Crippen molar-refractivity contribution in [2.45, 2.75) is 142 Å². The van der Waals surface area contributed by atoms with Crippen LogP contribution < -0.4 is 10.6 Å². The predicted octanol–water partition coefficient (Wildman–Crippen LogP) is 6.95. The molecule has 2 amide bonds. The number of methoxy groups -OCH3 is 1. The zero-order valence-electron chi connectivity index (χ0n) is 41.3. The van der Waals surface area contributed by atoms with Gasteiger partial charge >= 0.3 is 30.1 Å². The maximum atomic E-state index is 15.8. The summed E-state index contributed by atoms with van der Waals surface area (Å²) in [4.78, 5) is 85.1. The molecule has 348 valence electrons. The smallest absolute Gasteiger partial charge is 0.408 e. The molecule has 64 heavy (non-hydrogen) atoms. The lowest BCUT2D eigenvalue weighted by atomic mass is 9.40. The van der Waals surface area contributed by atoms with Crippen LogP contribution in [-0.2, 0) is 42.8 Å². The van der Waals surface area contributed by atoms with Crippen LogP contribution in [0.15, 0.2) is 71.8 Å². The van der Waals surface area contributed by atoms with Gasteiger partial charge in [0.25, 0.3) is 0 Å². The number of hydrogen-bond donors (Lipinski definition) is 3. The first-order valence-electron chi connectivity index (χ1n) is 23.4. The van der Waals surface area contributed by atoms with Crippen LogP contribution in [0.1, 0.15) is 121 Å². The number of amides is 2. The third kappa shape index (κ3) is 8.53. The van der Waals surface area contributed by atoms with E-state index in [1.807, 2.05) is 0 Å². The van der Waals surface area contributed by atoms with Gasteiger partial charge in [-0.2, -0.15) is 0 Å². The number of carbonyl (C=O) groups excluding carboxylic acids is 6. The fourth-order valence-electron chi connectivity index (χ4n) is 11.2. The molecular weight excluding hydrogens is 825 g/mol. The summed E-state index contributed by atoms with van der Waals surface area (Å²) in [6.45, 7) is 16.1. The molecule has 0 heterocycles. The van der Waals surface area contributed by atoms with E-state index in [9.17, 15) is 29.1 Å². The molecule has 2 aromatic rings. The lowest BCUT2D eigenvalue weighted by molar-refractivity contribution is -0.297. The number of fused-ring (bicyclic) bond motifs is 5. The van der Waals surface area contributed by atoms with Crippen molar-refractivity contribution in [3.63, 3.8) is 0 Å². The minimum Gasteiger partial charge on any atom is -0.458 e. The molecule has 2 bridgehead atoms. The van der Waals surface area contributed by atoms with Crippen LogP contribution in [0.5, 0.6) is 0 Å². The van der Waals surface area contributed by atoms with Crippen molar-refractivity contribution in [1.82, 2.24) is 10.6 Å². The maximum absolute atomic E-state index is 15.8. The van der Waals surface area contributed by atoms with Crippen molar-refractivity contribution in [2.24, 2.45) is 28.6 Å². The highest BCUT2D eigenvalue weighted by Crippen LogP contribution is 2.68. The van der Waals surface area contributed by atoms with Crippen LogP contribution >= 0.6 is 0 Å². The molecule has 4 aliphatic carbocycles. The van der Waals surface area contributed by atoms with Gasteiger partial charge in [-0.15, -0.1) is 0 Å². The largest absolute Gasteiger partial charge is 0.458 e. The number of ether oxygens (including phenoxy) is 6. The molecule has 3 N–H and O–H groups in total. The molecule has 3 fully saturated rings. The van der Waals surface area contributed by atoms with E-state index in [2.05, 4.69) is 10.6 Å². The Morgan fingerprint density at radius 2 is 1.61 bits per heavy atom. The molecule has 0 unspecified atom stereocenters. The summed E-state index contributed by atoms with van der Waals surface area (Å²) in [5.41, 5.74) is -7.10. The van der Waals surface area contributed by atoms with E-state index in [1.165, 1.54) is 26.0 Å². The van der Waals surface area contributed by atoms with E-state index in [1.54, 1.807) is 104 Å². The van der Waals surface area contributed by atoms with Crippen LogP contribution in [0.25, 0.3) is 0 Å². The molecule has 0 aliphatic heterocycles. The van der Waals surface area contributed by atoms with Crippen molar-refractivity contribution < 1.29 is 66.4 Å². The number of ketones is 1. The van der Waals surface area contributed by atoms with Crippen LogP contribution in [0, 0.1) is 28.6 Å². The Morgan fingerprint density at radius 3 is 2.17 bits per heavy atom. The maximum Gasteiger partial charge on any atom is 0.408 e. The van der Waals surface area contributed by atoms with E-state index >= 15 is 4.79 Å². The fourth-order valence-corrected chi connectivity index (χ4v) is 11.2. The lowest BCUT2D eigenvalue weighted by Gasteiger charge is -2.68. The van der Waals surface area contributed by atoms with Crippen molar-refractivity contribution in [3.05, 3.63) is 82.9 Å². The number of esters is 3. The third-order valence-electron chi connectivity index (χ3n) is 14.1. The summed E-state index contributed by atoms with van der Waals surface area (Å²) >= 11 is 0. The highest BCUT2D eigenvalue weighted by Gasteiger charge is 2.77. The average Bonchev–Trinajstić information content (AvgIpc) is 3.22. The van der Waals surface area contributed by atoms with Crippen molar-refractivity contribution in [3.8, 4) is 0 Å². The zero-order valence-corrected chi connectivity index (χ0v) is 38.3. The molecule has 0 spiro atoms. The average molecular weight is 892 g/mol. The SMILES string of the molecule is [2H]C([2H])([2H])O[C@H]1C[C@H]2CC[C@@]2(OC(C)=O)[C@H]2[C@H](OC(=O)c3ccccc3)[C@]3(O)C[C@H](OC(=O)[C@H](OC(=O)NCC)[C@@H](NC(=O)OC(C)(C)C)c4ccccc4)C(C)=C([C@@H](C)C(=O)[C@]12C)C3(C)C. The van der Waals surface area contributed by atoms with Gasteiger partial charge in [0.05, 0.1) is 27.1 Å². The Morgan fingerprint density at radius 1 is 0.969 bits per heavy atom. The summed E-state index contributed by atoms with van der Waals surface area (Å²) in [6, 6.07) is 14.8. The number of rotatable bonds is 11. The minimum absolute atomic E-state index is 0.00345. The van der Waals surface area contributed by atoms with E-state index < -0.39 is 125 Å². The van der Waals surface area contributed by atoms with E-state index in [4.69, 9.17) is 32.5 Å². The number of carbonyl (C=O) groups is 6. The molecule has 0 aromatic heterocycles. The highest BCUT2D eigenvalue weighted by atomic mass is 16.6. The van der Waals surface area contributed by atoms with Crippen LogP contribution in [0.2, 0.25) is 0 Å². The standard InChI is InChI=1S/C49H64N2O13/c1-12-50-43(56)61-37(36(30-19-15-13-16-20-30)51-44(57)64-45(5,6)7)42(55)60-33-26-49(58)40(62-41(54)31-21-17-14-18-22-31)38-47(10,39(53)28(3)35(27(33)2)46(49,8)9)34(59-11)25-32-23-24-48(32,38)63-29(4)52/h13-22,28,32-34,36-38,40,58H,12,23-26H2,1-11H3,(H,50,56)(H,51,57)/t28-,32-,33+,34+,36+,37-,38+,40+,47-,48+,49-/m1/s1/i11D3. The van der Waals surface area contributed by atoms with Crippen LogP contribution in [-0.4, -0.2) is 95.8 Å². The second kappa shape index (κ2) is 17.9. The van der Waals surface area contributed by atoms with Crippen molar-refractivity contribution in [1.29, 1.82) is 0 Å². The topological polar surface area (TPSA) is 202 Å². The van der Waals surface area contributed by atoms with Gasteiger partial charge in [-0.25, -0.2) is 19.2 Å². The number of nitrogens with one attached hydrogen (secondary N) is 2. The summed E-state index contributed by atoms with van der Waals surface area (Å²) < 4.78 is 61.0. The van der Waals surface area contributed by atoms with Gasteiger partial charge in [0.15, 0.2) is 0 Å². The monoisotopic (exact) mass is 891 g/mol. The third-order valence-corrected chi connectivity index (χ3v) is 14.1. The quantitative estimate of drug-likeness (QED) is 0.119. The molecule has 6 rings (SSSR count). The molecule has 15 nitrogen and oxygen atoms in total. The fraction of sp³-hybridized carbons (Fsp3) is 0.592. The first-order chi connectivity index (χ1) is 31.1. The molecule has 0 radical (unpaired) electrons. The summed E-state index contributed by atoms with van der Waals surface area (Å²) in [5, 5.41) is 19.1. The van der Waals surface area contributed by atoms with Gasteiger partial charge in [-0.1, -0.05) is 69.3 Å². The Kier molecular flexibility index (Phi) is 12.3. The van der Waals surface area contributed by atoms with Gasteiger partial charge in [0, 0.05) is 44.2 Å². The minimum atomic E-state index is -2.99. The first-order valence-corrected chi connectivity index (χ1v) is 21.9. The second-order valence-corrected chi connectivity index (χ2v) is 19.3. The van der Waals surface area contributed by atoms with Gasteiger partial charge in [0.1, 0.15) is 40.8 Å². The van der Waals surface area contributed by atoms with E-state index in [0.717, 1.165) is 0 Å². The molecule has 15 heteroatoms. The first kappa shape index (κ1) is 43.9. The van der Waals surface area contributed by atoms with Gasteiger partial charge in [-0.05, 0) is 89.6 Å². The second-order valence-electron chi connectivity index (χ2n) is 19.3. The molecular formula is C49H64N2O13. The zero-order chi connectivity index (χ0) is 49.7. The summed E-state index contributed by atoms with van der Waals surface area (Å²) in [5.74, 6) is -6.43. The molecule has 11 atom stereocenters. The number of alkyl carbamates (subject to hydrolysis) is 2. The summed E-state index contributed by atoms with van der Waals surface area (Å²) in [6.07, 6.45) is -8.19. The number of Topliss-reactive ketones (excluding diaryl/α,β-unsaturated/α-hetero) is 1. The Hall–Kier alpha value is -5.28. The predicted molar refractivity (Wildman–Crippen MR) is 232 cm³/mol. The van der Waals surface area contributed by atoms with Gasteiger partial charge < -0.3 is 44.2 Å².